The molecule has 7 heteroatoms. The summed E-state index contributed by atoms with van der Waals surface area (Å²) < 4.78 is 1.78. The van der Waals surface area contributed by atoms with Crippen LogP contribution in [0.2, 0.25) is 0 Å². The lowest BCUT2D eigenvalue weighted by Gasteiger charge is -2.20. The molecule has 3 amide bonds. The van der Waals surface area contributed by atoms with Crippen LogP contribution in [-0.4, -0.2) is 39.7 Å². The predicted molar refractivity (Wildman–Crippen MR) is 126 cm³/mol. The van der Waals surface area contributed by atoms with Gasteiger partial charge in [0.1, 0.15) is 0 Å². The summed E-state index contributed by atoms with van der Waals surface area (Å²) in [5.74, 6) is -0.205. The summed E-state index contributed by atoms with van der Waals surface area (Å²) in [6.45, 7) is 5.33. The number of hydrogen-bond donors (Lipinski definition) is 2. The van der Waals surface area contributed by atoms with E-state index >= 15 is 0 Å². The van der Waals surface area contributed by atoms with Gasteiger partial charge in [-0.05, 0) is 63.1 Å². The molecule has 2 heterocycles. The van der Waals surface area contributed by atoms with E-state index < -0.39 is 0 Å². The van der Waals surface area contributed by atoms with Gasteiger partial charge in [-0.25, -0.2) is 9.48 Å². The molecule has 4 rings (SSSR count). The van der Waals surface area contributed by atoms with Crippen LogP contribution in [0.1, 0.15) is 47.4 Å². The van der Waals surface area contributed by atoms with Crippen LogP contribution in [0.25, 0.3) is 5.69 Å². The van der Waals surface area contributed by atoms with Gasteiger partial charge in [-0.15, -0.1) is 0 Å². The summed E-state index contributed by atoms with van der Waals surface area (Å²) in [4.78, 5) is 27.3. The van der Waals surface area contributed by atoms with Crippen LogP contribution in [0.5, 0.6) is 0 Å². The number of para-hydroxylation sites is 1. The van der Waals surface area contributed by atoms with Crippen LogP contribution >= 0.6 is 0 Å². The monoisotopic (exact) mass is 431 g/mol. The highest BCUT2D eigenvalue weighted by molar-refractivity contribution is 6.06. The van der Waals surface area contributed by atoms with Gasteiger partial charge < -0.3 is 15.5 Å². The molecule has 1 aromatic heterocycles. The minimum Gasteiger partial charge on any atom is -0.325 e. The van der Waals surface area contributed by atoms with E-state index in [0.29, 0.717) is 22.6 Å². The molecule has 1 aliphatic heterocycles. The second-order valence-electron chi connectivity index (χ2n) is 8.16. The number of anilines is 2. The first-order valence-electron chi connectivity index (χ1n) is 11.1. The lowest BCUT2D eigenvalue weighted by Crippen LogP contribution is -2.35. The Morgan fingerprint density at radius 2 is 1.41 bits per heavy atom. The molecule has 2 aromatic carbocycles. The molecule has 0 bridgehead atoms. The molecular weight excluding hydrogens is 402 g/mol. The van der Waals surface area contributed by atoms with E-state index in [0.717, 1.165) is 37.3 Å². The van der Waals surface area contributed by atoms with Gasteiger partial charge >= 0.3 is 6.03 Å². The highest BCUT2D eigenvalue weighted by atomic mass is 16.2. The van der Waals surface area contributed by atoms with E-state index in [1.165, 1.54) is 12.8 Å². The largest absolute Gasteiger partial charge is 0.325 e. The van der Waals surface area contributed by atoms with Crippen molar-refractivity contribution in [2.75, 3.05) is 23.7 Å². The number of nitrogens with one attached hydrogen (secondary N) is 2. The molecular formula is C25H29N5O2. The average Bonchev–Trinajstić information content (AvgIpc) is 2.97. The van der Waals surface area contributed by atoms with Crippen molar-refractivity contribution in [3.8, 4) is 5.69 Å². The molecule has 2 N–H and O–H groups in total. The van der Waals surface area contributed by atoms with E-state index in [2.05, 4.69) is 15.7 Å². The van der Waals surface area contributed by atoms with E-state index in [4.69, 9.17) is 0 Å². The van der Waals surface area contributed by atoms with Crippen LogP contribution in [0.4, 0.5) is 16.2 Å². The first kappa shape index (κ1) is 21.6. The fourth-order valence-corrected chi connectivity index (χ4v) is 4.10. The zero-order valence-corrected chi connectivity index (χ0v) is 18.6. The van der Waals surface area contributed by atoms with Crippen LogP contribution in [0.3, 0.4) is 0 Å². The van der Waals surface area contributed by atoms with E-state index in [1.807, 2.05) is 49.1 Å². The summed E-state index contributed by atoms with van der Waals surface area (Å²) in [5, 5.41) is 10.4. The molecule has 1 saturated heterocycles. The molecule has 1 aliphatic rings. The van der Waals surface area contributed by atoms with Crippen LogP contribution in [0.15, 0.2) is 54.6 Å². The van der Waals surface area contributed by atoms with Gasteiger partial charge in [0.05, 0.1) is 22.6 Å². The van der Waals surface area contributed by atoms with E-state index in [9.17, 15) is 9.59 Å². The topological polar surface area (TPSA) is 79.3 Å². The number of hydrogen-bond acceptors (Lipinski definition) is 3. The van der Waals surface area contributed by atoms with Crippen LogP contribution in [-0.2, 0) is 0 Å². The van der Waals surface area contributed by atoms with Crippen molar-refractivity contribution in [3.05, 3.63) is 71.5 Å². The third-order valence-corrected chi connectivity index (χ3v) is 5.81. The minimum atomic E-state index is -0.205. The lowest BCUT2D eigenvalue weighted by atomic mass is 10.1. The van der Waals surface area contributed by atoms with Crippen LogP contribution in [0, 0.1) is 13.8 Å². The quantitative estimate of drug-likeness (QED) is 0.600. The number of amides is 3. The minimum absolute atomic E-state index is 0.0664. The second-order valence-corrected chi connectivity index (χ2v) is 8.16. The van der Waals surface area contributed by atoms with Gasteiger partial charge in [0.2, 0.25) is 0 Å². The SMILES string of the molecule is Cc1nn(-c2ccccc2)c(C)c1C(=O)Nc1ccc(NC(=O)N2CCCCCC2)cc1. The Labute approximate surface area is 188 Å². The second kappa shape index (κ2) is 9.68. The number of nitrogens with zero attached hydrogens (tertiary/aromatic N) is 3. The summed E-state index contributed by atoms with van der Waals surface area (Å²) >= 11 is 0. The lowest BCUT2D eigenvalue weighted by molar-refractivity contribution is 0.102. The zero-order chi connectivity index (χ0) is 22.5. The molecule has 0 aliphatic carbocycles. The Bertz CT molecular complexity index is 1080. The number of urea groups is 1. The molecule has 0 atom stereocenters. The Balaban J connectivity index is 1.42. The summed E-state index contributed by atoms with van der Waals surface area (Å²) in [6, 6.07) is 16.9. The summed E-state index contributed by atoms with van der Waals surface area (Å²) in [5.41, 5.74) is 4.30. The maximum Gasteiger partial charge on any atom is 0.321 e. The number of carbonyl (C=O) groups is 2. The van der Waals surface area contributed by atoms with E-state index in [-0.39, 0.29) is 11.9 Å². The van der Waals surface area contributed by atoms with Crippen molar-refractivity contribution in [1.29, 1.82) is 0 Å². The number of aryl methyl sites for hydroxylation is 1. The third-order valence-electron chi connectivity index (χ3n) is 5.81. The van der Waals surface area contributed by atoms with E-state index in [1.54, 1.807) is 28.9 Å². The highest BCUT2D eigenvalue weighted by Crippen LogP contribution is 2.21. The first-order valence-corrected chi connectivity index (χ1v) is 11.1. The summed E-state index contributed by atoms with van der Waals surface area (Å²) in [6.07, 6.45) is 4.47. The number of aromatic nitrogens is 2. The molecule has 166 valence electrons. The summed E-state index contributed by atoms with van der Waals surface area (Å²) in [7, 11) is 0. The van der Waals surface area contributed by atoms with Crippen LogP contribution < -0.4 is 10.6 Å². The number of likely N-dealkylation sites (tertiary alicyclic amines) is 1. The van der Waals surface area contributed by atoms with Gasteiger partial charge in [0, 0.05) is 24.5 Å². The highest BCUT2D eigenvalue weighted by Gasteiger charge is 2.20. The number of rotatable bonds is 4. The van der Waals surface area contributed by atoms with Gasteiger partial charge in [-0.1, -0.05) is 31.0 Å². The molecule has 3 aromatic rings. The third kappa shape index (κ3) is 4.82. The Morgan fingerprint density at radius 3 is 2.03 bits per heavy atom. The molecule has 0 unspecified atom stereocenters. The molecule has 0 radical (unpaired) electrons. The van der Waals surface area contributed by atoms with Gasteiger partial charge in [-0.2, -0.15) is 5.10 Å². The number of benzene rings is 2. The molecule has 7 nitrogen and oxygen atoms in total. The van der Waals surface area contributed by atoms with Crippen molar-refractivity contribution >= 4 is 23.3 Å². The Kier molecular flexibility index (Phi) is 6.54. The zero-order valence-electron chi connectivity index (χ0n) is 18.6. The van der Waals surface area contributed by atoms with Gasteiger partial charge in [0.25, 0.3) is 5.91 Å². The molecule has 32 heavy (non-hydrogen) atoms. The van der Waals surface area contributed by atoms with Crippen molar-refractivity contribution in [2.24, 2.45) is 0 Å². The average molecular weight is 432 g/mol. The van der Waals surface area contributed by atoms with Gasteiger partial charge in [-0.3, -0.25) is 4.79 Å². The molecule has 1 fully saturated rings. The Hall–Kier alpha value is -3.61. The fraction of sp³-hybridized carbons (Fsp3) is 0.320. The smallest absolute Gasteiger partial charge is 0.321 e. The standard InChI is InChI=1S/C25H29N5O2/c1-18-23(19(2)30(28-18)22-10-6-5-7-11-22)24(31)26-20-12-14-21(15-13-20)27-25(32)29-16-8-3-4-9-17-29/h5-7,10-15H,3-4,8-9,16-17H2,1-2H3,(H,26,31)(H,27,32). The maximum atomic E-state index is 13.0. The maximum absolute atomic E-state index is 13.0. The van der Waals surface area contributed by atoms with Crippen molar-refractivity contribution < 1.29 is 9.59 Å². The van der Waals surface area contributed by atoms with Crippen molar-refractivity contribution in [2.45, 2.75) is 39.5 Å². The molecule has 0 spiro atoms. The Morgan fingerprint density at radius 1 is 0.812 bits per heavy atom. The predicted octanol–water partition coefficient (Wildman–Crippen LogP) is 5.15. The number of carbonyl (C=O) groups excluding carboxylic acids is 2. The van der Waals surface area contributed by atoms with Crippen molar-refractivity contribution in [3.63, 3.8) is 0 Å². The fourth-order valence-electron chi connectivity index (χ4n) is 4.10. The first-order chi connectivity index (χ1) is 15.5. The van der Waals surface area contributed by atoms with Gasteiger partial charge in [0.15, 0.2) is 0 Å². The van der Waals surface area contributed by atoms with Crippen molar-refractivity contribution in [1.82, 2.24) is 14.7 Å². The molecule has 0 saturated carbocycles. The normalized spacial score (nSPS) is 14.0.